The van der Waals surface area contributed by atoms with Gasteiger partial charge in [-0.3, -0.25) is 4.79 Å². The van der Waals surface area contributed by atoms with Gasteiger partial charge in [0.25, 0.3) is 5.91 Å². The second kappa shape index (κ2) is 8.07. The summed E-state index contributed by atoms with van der Waals surface area (Å²) in [5, 5.41) is 16.2. The molecule has 0 spiro atoms. The number of benzene rings is 1. The Kier molecular flexibility index (Phi) is 4.97. The number of fused-ring (bicyclic) bond motifs is 1. The van der Waals surface area contributed by atoms with Crippen molar-refractivity contribution in [2.45, 2.75) is 0 Å². The third kappa shape index (κ3) is 4.05. The lowest BCUT2D eigenvalue weighted by atomic mass is 10.2. The Hall–Kier alpha value is -3.92. The number of pyridine rings is 1. The molecule has 1 aliphatic rings. The van der Waals surface area contributed by atoms with E-state index >= 15 is 0 Å². The highest BCUT2D eigenvalue weighted by Crippen LogP contribution is 2.20. The van der Waals surface area contributed by atoms with Gasteiger partial charge < -0.3 is 15.1 Å². The minimum Gasteiger partial charge on any atom is -0.354 e. The largest absolute Gasteiger partial charge is 0.354 e. The van der Waals surface area contributed by atoms with E-state index in [1.807, 2.05) is 24.3 Å². The number of piperazine rings is 1. The maximum absolute atomic E-state index is 12.8. The van der Waals surface area contributed by atoms with Gasteiger partial charge in [0.2, 0.25) is 0 Å². The summed E-state index contributed by atoms with van der Waals surface area (Å²) in [6.07, 6.45) is 4.77. The Labute approximate surface area is 178 Å². The van der Waals surface area contributed by atoms with Gasteiger partial charge in [0.1, 0.15) is 18.5 Å². The van der Waals surface area contributed by atoms with Gasteiger partial charge in [0.05, 0.1) is 11.2 Å². The Morgan fingerprint density at radius 1 is 1.03 bits per heavy atom. The summed E-state index contributed by atoms with van der Waals surface area (Å²) >= 11 is 0. The van der Waals surface area contributed by atoms with Gasteiger partial charge in [-0.25, -0.2) is 14.6 Å². The molecule has 4 heterocycles. The van der Waals surface area contributed by atoms with Gasteiger partial charge in [-0.1, -0.05) is 0 Å². The molecule has 1 saturated heterocycles. The molecule has 10 heteroatoms. The van der Waals surface area contributed by atoms with Crippen LogP contribution in [0.15, 0.2) is 55.2 Å². The van der Waals surface area contributed by atoms with Gasteiger partial charge >= 0.3 is 0 Å². The molecule has 4 aromatic rings. The lowest BCUT2D eigenvalue weighted by molar-refractivity contribution is 0.102. The second-order valence-corrected chi connectivity index (χ2v) is 7.46. The number of nitrogens with one attached hydrogen (secondary N) is 1. The molecule has 0 aliphatic carbocycles. The van der Waals surface area contributed by atoms with Crippen molar-refractivity contribution in [3.05, 3.63) is 60.8 Å². The molecule has 1 amide bonds. The van der Waals surface area contributed by atoms with E-state index in [0.717, 1.165) is 48.6 Å². The van der Waals surface area contributed by atoms with Gasteiger partial charge in [-0.15, -0.1) is 10.2 Å². The van der Waals surface area contributed by atoms with E-state index in [0.29, 0.717) is 11.4 Å². The van der Waals surface area contributed by atoms with Crippen molar-refractivity contribution < 1.29 is 4.79 Å². The van der Waals surface area contributed by atoms with Crippen LogP contribution in [0.1, 0.15) is 10.4 Å². The molecular formula is C21H21N9O. The van der Waals surface area contributed by atoms with Crippen molar-refractivity contribution in [2.75, 3.05) is 43.4 Å². The van der Waals surface area contributed by atoms with Crippen LogP contribution in [0.4, 0.5) is 11.6 Å². The molecule has 1 fully saturated rings. The van der Waals surface area contributed by atoms with Crippen LogP contribution in [-0.4, -0.2) is 74.0 Å². The molecule has 31 heavy (non-hydrogen) atoms. The number of likely N-dealkylation sites (N-methyl/N-ethyl adjacent to an activating group) is 1. The van der Waals surface area contributed by atoms with Crippen molar-refractivity contribution in [3.8, 4) is 5.69 Å². The average Bonchev–Trinajstić information content (AvgIpc) is 3.34. The van der Waals surface area contributed by atoms with Crippen LogP contribution in [0.3, 0.4) is 0 Å². The Morgan fingerprint density at radius 3 is 2.71 bits per heavy atom. The summed E-state index contributed by atoms with van der Waals surface area (Å²) in [5.41, 5.74) is 2.10. The molecule has 156 valence electrons. The van der Waals surface area contributed by atoms with Crippen LogP contribution in [0, 0.1) is 0 Å². The first-order chi connectivity index (χ1) is 15.2. The van der Waals surface area contributed by atoms with Crippen LogP contribution >= 0.6 is 0 Å². The third-order valence-electron chi connectivity index (χ3n) is 5.33. The number of carbonyl (C=O) groups excluding carboxylic acids is 1. The van der Waals surface area contributed by atoms with Gasteiger partial charge in [0, 0.05) is 43.3 Å². The molecule has 1 aliphatic heterocycles. The lowest BCUT2D eigenvalue weighted by Crippen LogP contribution is -2.44. The smallest absolute Gasteiger partial charge is 0.257 e. The standard InChI is InChI=1S/C21H21N9O/c1-28-6-8-29(9-7-28)20-12-15(4-5-23-20)21(31)25-19-11-16-10-17(30-14-22-13-24-30)2-3-18(16)26-27-19/h2-5,10-14H,6-9H2,1H3,(H,25,27,31). The third-order valence-corrected chi connectivity index (χ3v) is 5.33. The predicted molar refractivity (Wildman–Crippen MR) is 116 cm³/mol. The Morgan fingerprint density at radius 2 is 1.90 bits per heavy atom. The number of carbonyl (C=O) groups is 1. The quantitative estimate of drug-likeness (QED) is 0.536. The maximum Gasteiger partial charge on any atom is 0.257 e. The normalized spacial score (nSPS) is 14.7. The molecule has 5 rings (SSSR count). The lowest BCUT2D eigenvalue weighted by Gasteiger charge is -2.33. The summed E-state index contributed by atoms with van der Waals surface area (Å²) in [4.78, 5) is 25.7. The summed E-state index contributed by atoms with van der Waals surface area (Å²) in [7, 11) is 2.11. The highest BCUT2D eigenvalue weighted by atomic mass is 16.1. The first-order valence-corrected chi connectivity index (χ1v) is 9.99. The van der Waals surface area contributed by atoms with Crippen LogP contribution < -0.4 is 10.2 Å². The molecular weight excluding hydrogens is 394 g/mol. The van der Waals surface area contributed by atoms with E-state index in [2.05, 4.69) is 47.4 Å². The fourth-order valence-corrected chi connectivity index (χ4v) is 3.53. The predicted octanol–water partition coefficient (Wildman–Crippen LogP) is 1.61. The number of hydrogen-bond acceptors (Lipinski definition) is 8. The molecule has 0 unspecified atom stereocenters. The minimum absolute atomic E-state index is 0.251. The molecule has 0 bridgehead atoms. The number of hydrogen-bond donors (Lipinski definition) is 1. The van der Waals surface area contributed by atoms with Gasteiger partial charge in [-0.2, -0.15) is 5.10 Å². The minimum atomic E-state index is -0.251. The van der Waals surface area contributed by atoms with Crippen molar-refractivity contribution in [1.29, 1.82) is 0 Å². The monoisotopic (exact) mass is 415 g/mol. The summed E-state index contributed by atoms with van der Waals surface area (Å²) in [6, 6.07) is 11.0. The number of amides is 1. The van der Waals surface area contributed by atoms with E-state index in [1.54, 1.807) is 29.3 Å². The van der Waals surface area contributed by atoms with Crippen LogP contribution in [-0.2, 0) is 0 Å². The first kappa shape index (κ1) is 19.1. The number of nitrogens with zero attached hydrogens (tertiary/aromatic N) is 8. The zero-order valence-corrected chi connectivity index (χ0v) is 17.0. The van der Waals surface area contributed by atoms with Crippen molar-refractivity contribution in [1.82, 2.24) is 34.8 Å². The number of anilines is 2. The zero-order chi connectivity index (χ0) is 21.2. The van der Waals surface area contributed by atoms with Crippen LogP contribution in [0.2, 0.25) is 0 Å². The topological polar surface area (TPSA) is 105 Å². The van der Waals surface area contributed by atoms with Crippen LogP contribution in [0.5, 0.6) is 0 Å². The summed E-state index contributed by atoms with van der Waals surface area (Å²) in [6.45, 7) is 3.72. The summed E-state index contributed by atoms with van der Waals surface area (Å²) in [5.74, 6) is 0.938. The Bertz CT molecular complexity index is 1220. The van der Waals surface area contributed by atoms with E-state index in [1.165, 1.54) is 6.33 Å². The molecule has 1 N–H and O–H groups in total. The fraction of sp³-hybridized carbons (Fsp3) is 0.238. The second-order valence-electron chi connectivity index (χ2n) is 7.46. The molecule has 0 radical (unpaired) electrons. The van der Waals surface area contributed by atoms with Gasteiger partial charge in [0.15, 0.2) is 5.82 Å². The molecule has 3 aromatic heterocycles. The maximum atomic E-state index is 12.8. The van der Waals surface area contributed by atoms with Crippen molar-refractivity contribution >= 4 is 28.4 Å². The van der Waals surface area contributed by atoms with E-state index in [-0.39, 0.29) is 5.91 Å². The molecule has 1 aromatic carbocycles. The van der Waals surface area contributed by atoms with Crippen LogP contribution in [0.25, 0.3) is 16.6 Å². The molecule has 0 atom stereocenters. The molecule has 10 nitrogen and oxygen atoms in total. The fourth-order valence-electron chi connectivity index (χ4n) is 3.53. The van der Waals surface area contributed by atoms with E-state index < -0.39 is 0 Å². The highest BCUT2D eigenvalue weighted by Gasteiger charge is 2.17. The van der Waals surface area contributed by atoms with Gasteiger partial charge in [-0.05, 0) is 43.4 Å². The Balaban J connectivity index is 1.35. The summed E-state index contributed by atoms with van der Waals surface area (Å²) < 4.78 is 1.66. The highest BCUT2D eigenvalue weighted by molar-refractivity contribution is 6.04. The first-order valence-electron chi connectivity index (χ1n) is 9.99. The number of aromatic nitrogens is 6. The average molecular weight is 415 g/mol. The number of rotatable bonds is 4. The van der Waals surface area contributed by atoms with E-state index in [9.17, 15) is 4.79 Å². The zero-order valence-electron chi connectivity index (χ0n) is 17.0. The van der Waals surface area contributed by atoms with Crippen molar-refractivity contribution in [2.24, 2.45) is 0 Å². The SMILES string of the molecule is CN1CCN(c2cc(C(=O)Nc3cc4cc(-n5cncn5)ccc4nn3)ccn2)CC1. The molecule has 0 saturated carbocycles. The van der Waals surface area contributed by atoms with Crippen molar-refractivity contribution in [3.63, 3.8) is 0 Å². The van der Waals surface area contributed by atoms with E-state index in [4.69, 9.17) is 0 Å².